The van der Waals surface area contributed by atoms with Gasteiger partial charge in [0.15, 0.2) is 0 Å². The highest BCUT2D eigenvalue weighted by atomic mass is 15.2. The quantitative estimate of drug-likeness (QED) is 0.750. The first-order chi connectivity index (χ1) is 7.25. The SMILES string of the molecule is CC1CCCCN1Cc1cccc(N)c1. The van der Waals surface area contributed by atoms with Gasteiger partial charge in [0.1, 0.15) is 0 Å². The predicted octanol–water partition coefficient (Wildman–Crippen LogP) is 2.64. The Kier molecular flexibility index (Phi) is 3.27. The van der Waals surface area contributed by atoms with Gasteiger partial charge in [0.2, 0.25) is 0 Å². The van der Waals surface area contributed by atoms with E-state index in [1.165, 1.54) is 31.4 Å². The minimum atomic E-state index is 0.722. The van der Waals surface area contributed by atoms with Gasteiger partial charge in [-0.25, -0.2) is 0 Å². The molecule has 1 aromatic rings. The molecule has 2 heteroatoms. The molecule has 1 aliphatic heterocycles. The summed E-state index contributed by atoms with van der Waals surface area (Å²) in [6.07, 6.45) is 4.06. The standard InChI is InChI=1S/C13H20N2/c1-11-5-2-3-8-15(11)10-12-6-4-7-13(14)9-12/h4,6-7,9,11H,2-3,5,8,10,14H2,1H3. The molecule has 1 aromatic carbocycles. The second-order valence-electron chi connectivity index (χ2n) is 4.56. The molecule has 2 nitrogen and oxygen atoms in total. The number of nitrogens with two attached hydrogens (primary N) is 1. The molecule has 0 radical (unpaired) electrons. The summed E-state index contributed by atoms with van der Waals surface area (Å²) < 4.78 is 0. The average Bonchev–Trinajstić information content (AvgIpc) is 2.22. The van der Waals surface area contributed by atoms with Gasteiger partial charge in [-0.2, -0.15) is 0 Å². The Hall–Kier alpha value is -1.02. The van der Waals surface area contributed by atoms with Crippen LogP contribution in [0.15, 0.2) is 24.3 Å². The Morgan fingerprint density at radius 1 is 1.40 bits per heavy atom. The molecule has 0 aromatic heterocycles. The number of hydrogen-bond donors (Lipinski definition) is 1. The number of hydrogen-bond acceptors (Lipinski definition) is 2. The third kappa shape index (κ3) is 2.72. The lowest BCUT2D eigenvalue weighted by Crippen LogP contribution is -2.36. The zero-order valence-electron chi connectivity index (χ0n) is 9.45. The predicted molar refractivity (Wildman–Crippen MR) is 64.6 cm³/mol. The Morgan fingerprint density at radius 3 is 3.00 bits per heavy atom. The van der Waals surface area contributed by atoms with Gasteiger partial charge in [-0.05, 0) is 44.0 Å². The van der Waals surface area contributed by atoms with Crippen molar-refractivity contribution >= 4 is 5.69 Å². The smallest absolute Gasteiger partial charge is 0.0317 e. The molecule has 1 fully saturated rings. The van der Waals surface area contributed by atoms with E-state index >= 15 is 0 Å². The topological polar surface area (TPSA) is 29.3 Å². The number of rotatable bonds is 2. The van der Waals surface area contributed by atoms with E-state index in [-0.39, 0.29) is 0 Å². The summed E-state index contributed by atoms with van der Waals surface area (Å²) in [6, 6.07) is 8.96. The highest BCUT2D eigenvalue weighted by molar-refractivity contribution is 5.40. The van der Waals surface area contributed by atoms with Crippen LogP contribution in [0.1, 0.15) is 31.7 Å². The Labute approximate surface area is 92.1 Å². The molecule has 0 spiro atoms. The first-order valence-electron chi connectivity index (χ1n) is 5.84. The molecule has 0 saturated carbocycles. The van der Waals surface area contributed by atoms with Gasteiger partial charge in [-0.1, -0.05) is 18.6 Å². The van der Waals surface area contributed by atoms with E-state index in [0.717, 1.165) is 18.3 Å². The minimum absolute atomic E-state index is 0.722. The third-order valence-electron chi connectivity index (χ3n) is 3.28. The van der Waals surface area contributed by atoms with Crippen molar-refractivity contribution in [3.63, 3.8) is 0 Å². The van der Waals surface area contributed by atoms with Crippen molar-refractivity contribution in [1.29, 1.82) is 0 Å². The summed E-state index contributed by atoms with van der Waals surface area (Å²) in [7, 11) is 0. The van der Waals surface area contributed by atoms with Gasteiger partial charge in [-0.15, -0.1) is 0 Å². The lowest BCUT2D eigenvalue weighted by molar-refractivity contribution is 0.152. The fourth-order valence-corrected chi connectivity index (χ4v) is 2.32. The van der Waals surface area contributed by atoms with Crippen LogP contribution in [-0.2, 0) is 6.54 Å². The van der Waals surface area contributed by atoms with Crippen molar-refractivity contribution in [2.24, 2.45) is 0 Å². The molecule has 1 heterocycles. The number of nitrogens with zero attached hydrogens (tertiary/aromatic N) is 1. The van der Waals surface area contributed by atoms with E-state index in [0.29, 0.717) is 0 Å². The number of likely N-dealkylation sites (tertiary alicyclic amines) is 1. The van der Waals surface area contributed by atoms with E-state index in [9.17, 15) is 0 Å². The minimum Gasteiger partial charge on any atom is -0.399 e. The van der Waals surface area contributed by atoms with Crippen LogP contribution in [0.2, 0.25) is 0 Å². The maximum absolute atomic E-state index is 5.78. The summed E-state index contributed by atoms with van der Waals surface area (Å²) in [5, 5.41) is 0. The summed E-state index contributed by atoms with van der Waals surface area (Å²) in [5.41, 5.74) is 7.99. The molecule has 82 valence electrons. The number of anilines is 1. The first-order valence-corrected chi connectivity index (χ1v) is 5.84. The molecule has 0 bridgehead atoms. The van der Waals surface area contributed by atoms with Crippen molar-refractivity contribution < 1.29 is 0 Å². The van der Waals surface area contributed by atoms with E-state index < -0.39 is 0 Å². The zero-order chi connectivity index (χ0) is 10.7. The fourth-order valence-electron chi connectivity index (χ4n) is 2.32. The van der Waals surface area contributed by atoms with Crippen molar-refractivity contribution in [1.82, 2.24) is 4.90 Å². The summed E-state index contributed by atoms with van der Waals surface area (Å²) in [5.74, 6) is 0. The lowest BCUT2D eigenvalue weighted by atomic mass is 10.0. The number of nitrogen functional groups attached to an aromatic ring is 1. The summed E-state index contributed by atoms with van der Waals surface area (Å²) in [4.78, 5) is 2.55. The molecule has 0 amide bonds. The maximum Gasteiger partial charge on any atom is 0.0317 e. The molecular weight excluding hydrogens is 184 g/mol. The molecule has 0 aliphatic carbocycles. The second-order valence-corrected chi connectivity index (χ2v) is 4.56. The van der Waals surface area contributed by atoms with Crippen LogP contribution in [0.25, 0.3) is 0 Å². The first kappa shape index (κ1) is 10.5. The molecule has 1 saturated heterocycles. The van der Waals surface area contributed by atoms with Gasteiger partial charge in [0.25, 0.3) is 0 Å². The Morgan fingerprint density at radius 2 is 2.27 bits per heavy atom. The number of piperidine rings is 1. The average molecular weight is 204 g/mol. The summed E-state index contributed by atoms with van der Waals surface area (Å²) in [6.45, 7) is 4.60. The van der Waals surface area contributed by atoms with Gasteiger partial charge >= 0.3 is 0 Å². The van der Waals surface area contributed by atoms with Crippen molar-refractivity contribution in [3.8, 4) is 0 Å². The van der Waals surface area contributed by atoms with Crippen LogP contribution in [0.4, 0.5) is 5.69 Å². The van der Waals surface area contributed by atoms with Gasteiger partial charge < -0.3 is 5.73 Å². The van der Waals surface area contributed by atoms with Crippen LogP contribution in [0.3, 0.4) is 0 Å². The van der Waals surface area contributed by atoms with Crippen LogP contribution >= 0.6 is 0 Å². The normalized spacial score (nSPS) is 22.9. The van der Waals surface area contributed by atoms with E-state index in [4.69, 9.17) is 5.73 Å². The van der Waals surface area contributed by atoms with Gasteiger partial charge in [0, 0.05) is 18.3 Å². The van der Waals surface area contributed by atoms with Crippen LogP contribution in [0.5, 0.6) is 0 Å². The molecule has 2 N–H and O–H groups in total. The fraction of sp³-hybridized carbons (Fsp3) is 0.538. The van der Waals surface area contributed by atoms with Gasteiger partial charge in [0.05, 0.1) is 0 Å². The van der Waals surface area contributed by atoms with Crippen LogP contribution in [-0.4, -0.2) is 17.5 Å². The van der Waals surface area contributed by atoms with E-state index in [1.54, 1.807) is 0 Å². The molecule has 1 atom stereocenters. The maximum atomic E-state index is 5.78. The molecule has 2 rings (SSSR count). The molecule has 1 aliphatic rings. The van der Waals surface area contributed by atoms with Crippen molar-refractivity contribution in [2.45, 2.75) is 38.8 Å². The van der Waals surface area contributed by atoms with Crippen LogP contribution < -0.4 is 5.73 Å². The molecular formula is C13H20N2. The lowest BCUT2D eigenvalue weighted by Gasteiger charge is -2.33. The Balaban J connectivity index is 2.01. The highest BCUT2D eigenvalue weighted by Crippen LogP contribution is 2.19. The highest BCUT2D eigenvalue weighted by Gasteiger charge is 2.17. The number of benzene rings is 1. The van der Waals surface area contributed by atoms with Crippen molar-refractivity contribution in [3.05, 3.63) is 29.8 Å². The monoisotopic (exact) mass is 204 g/mol. The van der Waals surface area contributed by atoms with E-state index in [2.05, 4.69) is 24.0 Å². The second kappa shape index (κ2) is 4.67. The Bertz CT molecular complexity index is 322. The molecule has 1 unspecified atom stereocenters. The van der Waals surface area contributed by atoms with E-state index in [1.807, 2.05) is 12.1 Å². The zero-order valence-corrected chi connectivity index (χ0v) is 9.45. The third-order valence-corrected chi connectivity index (χ3v) is 3.28. The van der Waals surface area contributed by atoms with Crippen molar-refractivity contribution in [2.75, 3.05) is 12.3 Å². The largest absolute Gasteiger partial charge is 0.399 e. The van der Waals surface area contributed by atoms with Gasteiger partial charge in [-0.3, -0.25) is 4.90 Å². The van der Waals surface area contributed by atoms with Crippen LogP contribution in [0, 0.1) is 0 Å². The summed E-state index contributed by atoms with van der Waals surface area (Å²) >= 11 is 0. The molecule has 15 heavy (non-hydrogen) atoms.